The summed E-state index contributed by atoms with van der Waals surface area (Å²) in [6.07, 6.45) is 9.76. The van der Waals surface area contributed by atoms with E-state index in [4.69, 9.17) is 11.6 Å². The van der Waals surface area contributed by atoms with Crippen LogP contribution in [0.1, 0.15) is 25.7 Å². The van der Waals surface area contributed by atoms with Crippen molar-refractivity contribution in [2.24, 2.45) is 0 Å². The molecule has 7 heteroatoms. The lowest BCUT2D eigenvalue weighted by atomic mass is 10.2. The van der Waals surface area contributed by atoms with Crippen molar-refractivity contribution < 1.29 is 0 Å². The molecule has 23 heavy (non-hydrogen) atoms. The molecule has 0 N–H and O–H groups in total. The molecule has 1 aromatic carbocycles. The van der Waals surface area contributed by atoms with Gasteiger partial charge < -0.3 is 4.57 Å². The molecule has 0 aliphatic carbocycles. The lowest BCUT2D eigenvalue weighted by Gasteiger charge is -2.05. The van der Waals surface area contributed by atoms with Gasteiger partial charge in [0.1, 0.15) is 5.52 Å². The molecule has 0 aliphatic rings. The van der Waals surface area contributed by atoms with Gasteiger partial charge in [0.15, 0.2) is 0 Å². The molecule has 0 fully saturated rings. The molecule has 6 nitrogen and oxygen atoms in total. The summed E-state index contributed by atoms with van der Waals surface area (Å²) < 4.78 is 3.50. The van der Waals surface area contributed by atoms with E-state index in [2.05, 4.69) is 19.9 Å². The van der Waals surface area contributed by atoms with Gasteiger partial charge in [-0.3, -0.25) is 4.79 Å². The summed E-state index contributed by atoms with van der Waals surface area (Å²) in [5, 5.41) is 9.13. The Balaban J connectivity index is 1.51. The monoisotopic (exact) mass is 331 g/mol. The predicted octanol–water partition coefficient (Wildman–Crippen LogP) is 2.90. The number of hydrogen-bond acceptors (Lipinski definition) is 4. The predicted molar refractivity (Wildman–Crippen MR) is 89.5 cm³/mol. The first-order valence-corrected chi connectivity index (χ1v) is 8.10. The Bertz CT molecular complexity index is 828. The van der Waals surface area contributed by atoms with Crippen LogP contribution in [-0.4, -0.2) is 24.5 Å². The van der Waals surface area contributed by atoms with Crippen LogP contribution >= 0.6 is 11.6 Å². The Labute approximate surface area is 138 Å². The Hall–Kier alpha value is -2.21. The number of rotatable bonds is 7. The highest BCUT2D eigenvalue weighted by Crippen LogP contribution is 2.13. The molecule has 0 atom stereocenters. The van der Waals surface area contributed by atoms with Gasteiger partial charge in [0.25, 0.3) is 5.56 Å². The summed E-state index contributed by atoms with van der Waals surface area (Å²) in [5.74, 6) is 0. The van der Waals surface area contributed by atoms with E-state index in [-0.39, 0.29) is 5.56 Å². The molecule has 0 amide bonds. The molecule has 2 aromatic heterocycles. The number of imidazole rings is 1. The molecular weight excluding hydrogens is 314 g/mol. The molecule has 120 valence electrons. The second-order valence-corrected chi connectivity index (χ2v) is 5.93. The Morgan fingerprint density at radius 3 is 2.70 bits per heavy atom. The fourth-order valence-corrected chi connectivity index (χ4v) is 2.70. The maximum Gasteiger partial charge on any atom is 0.277 e. The van der Waals surface area contributed by atoms with Crippen LogP contribution in [0.5, 0.6) is 0 Å². The highest BCUT2D eigenvalue weighted by atomic mass is 35.5. The number of unbranched alkanes of at least 4 members (excludes halogenated alkanes) is 3. The standard InChI is InChI=1S/C16H18ClN5O/c17-13-5-6-15-14(11-13)16(23)22(20-19-15)9-4-2-1-3-8-21-10-7-18-12-21/h5-7,10-12H,1-4,8-9H2. The fourth-order valence-electron chi connectivity index (χ4n) is 2.52. The van der Waals surface area contributed by atoms with Crippen molar-refractivity contribution in [1.82, 2.24) is 24.5 Å². The second-order valence-electron chi connectivity index (χ2n) is 5.49. The van der Waals surface area contributed by atoms with Gasteiger partial charge >= 0.3 is 0 Å². The zero-order valence-corrected chi connectivity index (χ0v) is 13.5. The van der Waals surface area contributed by atoms with Crippen LogP contribution in [0, 0.1) is 0 Å². The van der Waals surface area contributed by atoms with Crippen molar-refractivity contribution in [3.8, 4) is 0 Å². The second kappa shape index (κ2) is 7.37. The lowest BCUT2D eigenvalue weighted by molar-refractivity contribution is 0.488. The van der Waals surface area contributed by atoms with Crippen LogP contribution in [-0.2, 0) is 13.1 Å². The average molecular weight is 332 g/mol. The maximum absolute atomic E-state index is 12.3. The van der Waals surface area contributed by atoms with E-state index in [0.717, 1.165) is 32.2 Å². The van der Waals surface area contributed by atoms with Crippen LogP contribution in [0.3, 0.4) is 0 Å². The first-order chi connectivity index (χ1) is 11.2. The molecule has 0 saturated carbocycles. The van der Waals surface area contributed by atoms with E-state index in [1.165, 1.54) is 4.68 Å². The van der Waals surface area contributed by atoms with Crippen molar-refractivity contribution in [2.75, 3.05) is 0 Å². The maximum atomic E-state index is 12.3. The molecule has 0 unspecified atom stereocenters. The van der Waals surface area contributed by atoms with Crippen LogP contribution < -0.4 is 5.56 Å². The number of nitrogens with zero attached hydrogens (tertiary/aromatic N) is 5. The van der Waals surface area contributed by atoms with E-state index in [9.17, 15) is 4.79 Å². The zero-order chi connectivity index (χ0) is 16.1. The van der Waals surface area contributed by atoms with Gasteiger partial charge in [0.05, 0.1) is 11.7 Å². The third kappa shape index (κ3) is 3.96. The van der Waals surface area contributed by atoms with Crippen molar-refractivity contribution in [1.29, 1.82) is 0 Å². The average Bonchev–Trinajstić information content (AvgIpc) is 3.06. The Kier molecular flexibility index (Phi) is 5.02. The molecular formula is C16H18ClN5O. The molecule has 0 radical (unpaired) electrons. The third-order valence-electron chi connectivity index (χ3n) is 3.78. The van der Waals surface area contributed by atoms with E-state index in [1.54, 1.807) is 24.4 Å². The van der Waals surface area contributed by atoms with Gasteiger partial charge in [0.2, 0.25) is 0 Å². The van der Waals surface area contributed by atoms with Crippen LogP contribution in [0.2, 0.25) is 5.02 Å². The molecule has 0 spiro atoms. The molecule has 3 rings (SSSR count). The van der Waals surface area contributed by atoms with E-state index in [0.29, 0.717) is 22.5 Å². The normalized spacial score (nSPS) is 11.2. The summed E-state index contributed by atoms with van der Waals surface area (Å²) in [5.41, 5.74) is 0.451. The first kappa shape index (κ1) is 15.7. The van der Waals surface area contributed by atoms with Crippen molar-refractivity contribution in [2.45, 2.75) is 38.8 Å². The lowest BCUT2D eigenvalue weighted by Crippen LogP contribution is -2.24. The molecule has 0 bridgehead atoms. The highest BCUT2D eigenvalue weighted by Gasteiger charge is 2.06. The number of aryl methyl sites for hydroxylation is 2. The summed E-state index contributed by atoms with van der Waals surface area (Å²) in [7, 11) is 0. The van der Waals surface area contributed by atoms with E-state index >= 15 is 0 Å². The number of halogens is 1. The minimum absolute atomic E-state index is 0.129. The number of fused-ring (bicyclic) bond motifs is 1. The van der Waals surface area contributed by atoms with E-state index < -0.39 is 0 Å². The smallest absolute Gasteiger partial charge is 0.277 e. The molecule has 2 heterocycles. The zero-order valence-electron chi connectivity index (χ0n) is 12.7. The summed E-state index contributed by atoms with van der Waals surface area (Å²) in [6, 6.07) is 5.07. The summed E-state index contributed by atoms with van der Waals surface area (Å²) >= 11 is 5.94. The van der Waals surface area contributed by atoms with Gasteiger partial charge in [0, 0.05) is 30.5 Å². The largest absolute Gasteiger partial charge is 0.337 e. The quantitative estimate of drug-likeness (QED) is 0.624. The molecule has 0 aliphatic heterocycles. The topological polar surface area (TPSA) is 65.6 Å². The summed E-state index contributed by atoms with van der Waals surface area (Å²) in [6.45, 7) is 1.56. The van der Waals surface area contributed by atoms with E-state index in [1.807, 2.05) is 12.5 Å². The van der Waals surface area contributed by atoms with Gasteiger partial charge in [-0.25, -0.2) is 9.67 Å². The number of benzene rings is 1. The third-order valence-corrected chi connectivity index (χ3v) is 4.01. The fraction of sp³-hybridized carbons (Fsp3) is 0.375. The van der Waals surface area contributed by atoms with Crippen molar-refractivity contribution >= 4 is 22.5 Å². The Morgan fingerprint density at radius 2 is 1.91 bits per heavy atom. The van der Waals surface area contributed by atoms with Crippen molar-refractivity contribution in [3.63, 3.8) is 0 Å². The first-order valence-electron chi connectivity index (χ1n) is 7.73. The van der Waals surface area contributed by atoms with Crippen molar-refractivity contribution in [3.05, 3.63) is 52.3 Å². The van der Waals surface area contributed by atoms with Gasteiger partial charge in [-0.2, -0.15) is 0 Å². The highest BCUT2D eigenvalue weighted by molar-refractivity contribution is 6.31. The minimum Gasteiger partial charge on any atom is -0.337 e. The number of aromatic nitrogens is 5. The number of hydrogen-bond donors (Lipinski definition) is 0. The Morgan fingerprint density at radius 1 is 1.09 bits per heavy atom. The minimum atomic E-state index is -0.129. The van der Waals surface area contributed by atoms with Crippen LogP contribution in [0.15, 0.2) is 41.7 Å². The molecule has 0 saturated heterocycles. The van der Waals surface area contributed by atoms with Crippen LogP contribution in [0.25, 0.3) is 10.9 Å². The van der Waals surface area contributed by atoms with Gasteiger partial charge in [-0.15, -0.1) is 5.10 Å². The van der Waals surface area contributed by atoms with Crippen LogP contribution in [0.4, 0.5) is 0 Å². The van der Waals surface area contributed by atoms with Gasteiger partial charge in [-0.1, -0.05) is 29.7 Å². The van der Waals surface area contributed by atoms with Gasteiger partial charge in [-0.05, 0) is 31.0 Å². The SMILES string of the molecule is O=c1c2cc(Cl)ccc2nnn1CCCCCCn1ccnc1. The summed E-state index contributed by atoms with van der Waals surface area (Å²) in [4.78, 5) is 16.4. The molecule has 3 aromatic rings.